The zero-order valence-corrected chi connectivity index (χ0v) is 17.0. The second-order valence-electron chi connectivity index (χ2n) is 7.97. The lowest BCUT2D eigenvalue weighted by atomic mass is 9.89. The van der Waals surface area contributed by atoms with Crippen molar-refractivity contribution >= 4 is 27.5 Å². The average molecular weight is 410 g/mol. The molecule has 3 heterocycles. The van der Waals surface area contributed by atoms with Gasteiger partial charge in [0.15, 0.2) is 0 Å². The Kier molecular flexibility index (Phi) is 4.62. The van der Waals surface area contributed by atoms with Crippen molar-refractivity contribution < 1.29 is 14.3 Å². The fraction of sp³-hybridized carbons (Fsp3) is 0.409. The van der Waals surface area contributed by atoms with Gasteiger partial charge in [-0.3, -0.25) is 9.59 Å². The zero-order valence-electron chi connectivity index (χ0n) is 16.2. The molecule has 3 aromatic rings. The number of aromatic amines is 1. The molecule has 7 heteroatoms. The number of aromatic nitrogens is 2. The first-order valence-electron chi connectivity index (χ1n) is 9.99. The van der Waals surface area contributed by atoms with E-state index >= 15 is 0 Å². The van der Waals surface area contributed by atoms with Crippen LogP contribution in [0, 0.1) is 11.8 Å². The first-order chi connectivity index (χ1) is 14.1. The molecule has 0 amide bonds. The van der Waals surface area contributed by atoms with Gasteiger partial charge in [0.05, 0.1) is 11.3 Å². The molecule has 6 nitrogen and oxygen atoms in total. The number of nitrogens with one attached hydrogen (secondary N) is 1. The predicted octanol–water partition coefficient (Wildman–Crippen LogP) is 3.40. The van der Waals surface area contributed by atoms with Crippen molar-refractivity contribution in [3.05, 3.63) is 56.4 Å². The van der Waals surface area contributed by atoms with Gasteiger partial charge in [-0.05, 0) is 48.8 Å². The van der Waals surface area contributed by atoms with Crippen LogP contribution in [0.2, 0.25) is 0 Å². The van der Waals surface area contributed by atoms with E-state index in [0.717, 1.165) is 41.0 Å². The van der Waals surface area contributed by atoms with Gasteiger partial charge in [0, 0.05) is 4.88 Å². The summed E-state index contributed by atoms with van der Waals surface area (Å²) < 4.78 is 11.1. The van der Waals surface area contributed by atoms with Gasteiger partial charge in [0.1, 0.15) is 29.6 Å². The monoisotopic (exact) mass is 410 g/mol. The van der Waals surface area contributed by atoms with Gasteiger partial charge in [0.25, 0.3) is 5.56 Å². The molecule has 0 saturated carbocycles. The summed E-state index contributed by atoms with van der Waals surface area (Å²) in [5.74, 6) is 1.17. The molecule has 29 heavy (non-hydrogen) atoms. The Balaban J connectivity index is 1.31. The second kappa shape index (κ2) is 7.30. The van der Waals surface area contributed by atoms with Gasteiger partial charge in [0.2, 0.25) is 0 Å². The highest BCUT2D eigenvalue weighted by Gasteiger charge is 2.28. The Morgan fingerprint density at radius 3 is 3.10 bits per heavy atom. The number of rotatable bonds is 3. The summed E-state index contributed by atoms with van der Waals surface area (Å²) in [6.45, 7) is 2.50. The molecule has 1 aliphatic carbocycles. The number of H-pyrrole nitrogens is 1. The number of hydrogen-bond acceptors (Lipinski definition) is 6. The van der Waals surface area contributed by atoms with Crippen LogP contribution in [0.15, 0.2) is 29.1 Å². The molecule has 0 fully saturated rings. The van der Waals surface area contributed by atoms with E-state index in [1.807, 2.05) is 24.3 Å². The van der Waals surface area contributed by atoms with E-state index in [1.54, 1.807) is 11.3 Å². The quantitative estimate of drug-likeness (QED) is 0.670. The topological polar surface area (TPSA) is 81.3 Å². The number of esters is 1. The van der Waals surface area contributed by atoms with Crippen molar-refractivity contribution in [2.75, 3.05) is 6.61 Å². The number of carbonyl (C=O) groups excluding carboxylic acids is 1. The molecule has 1 aliphatic heterocycles. The van der Waals surface area contributed by atoms with E-state index in [-0.39, 0.29) is 24.1 Å². The van der Waals surface area contributed by atoms with E-state index in [9.17, 15) is 9.59 Å². The predicted molar refractivity (Wildman–Crippen MR) is 110 cm³/mol. The van der Waals surface area contributed by atoms with Gasteiger partial charge in [-0.1, -0.05) is 25.1 Å². The summed E-state index contributed by atoms with van der Waals surface area (Å²) in [7, 11) is 0. The van der Waals surface area contributed by atoms with Crippen molar-refractivity contribution in [3.63, 3.8) is 0 Å². The minimum absolute atomic E-state index is 0.0405. The van der Waals surface area contributed by atoms with Crippen LogP contribution in [0.25, 0.3) is 10.2 Å². The molecular weight excluding hydrogens is 388 g/mol. The lowest BCUT2D eigenvalue weighted by Gasteiger charge is -2.23. The number of fused-ring (bicyclic) bond motifs is 4. The van der Waals surface area contributed by atoms with E-state index in [1.165, 1.54) is 4.88 Å². The van der Waals surface area contributed by atoms with E-state index in [4.69, 9.17) is 9.47 Å². The second-order valence-corrected chi connectivity index (χ2v) is 9.06. The van der Waals surface area contributed by atoms with Crippen molar-refractivity contribution in [2.45, 2.75) is 39.2 Å². The van der Waals surface area contributed by atoms with Crippen LogP contribution in [-0.4, -0.2) is 22.5 Å². The third-order valence-corrected chi connectivity index (χ3v) is 6.93. The highest BCUT2D eigenvalue weighted by Crippen LogP contribution is 2.35. The van der Waals surface area contributed by atoms with Crippen molar-refractivity contribution in [1.29, 1.82) is 0 Å². The Bertz CT molecular complexity index is 1150. The Labute approximate surface area is 171 Å². The maximum absolute atomic E-state index is 12.6. The van der Waals surface area contributed by atoms with Crippen molar-refractivity contribution in [2.24, 2.45) is 11.8 Å². The number of benzene rings is 1. The molecule has 0 saturated heterocycles. The molecule has 2 aromatic heterocycles. The third-order valence-electron chi connectivity index (χ3n) is 5.78. The largest absolute Gasteiger partial charge is 0.492 e. The zero-order chi connectivity index (χ0) is 20.0. The summed E-state index contributed by atoms with van der Waals surface area (Å²) in [4.78, 5) is 34.5. The number of hydrogen-bond donors (Lipinski definition) is 1. The third kappa shape index (κ3) is 3.44. The molecule has 1 aromatic carbocycles. The molecule has 0 radical (unpaired) electrons. The normalized spacial score (nSPS) is 20.6. The highest BCUT2D eigenvalue weighted by atomic mass is 32.1. The lowest BCUT2D eigenvalue weighted by Crippen LogP contribution is -2.30. The minimum Gasteiger partial charge on any atom is -0.492 e. The van der Waals surface area contributed by atoms with Gasteiger partial charge in [-0.15, -0.1) is 11.3 Å². The minimum atomic E-state index is -0.351. The molecule has 5 rings (SSSR count). The average Bonchev–Trinajstić information content (AvgIpc) is 3.09. The standard InChI is InChI=1S/C22H22N2O4S/c1-12-6-7-15-17(8-12)29-21-19(15)20(25)23-18(24-21)11-28-22(26)14-9-13-4-2-3-5-16(13)27-10-14/h2-5,12,14H,6-11H2,1H3,(H,23,24,25)/t12-,14-/m1/s1. The van der Waals surface area contributed by atoms with E-state index < -0.39 is 0 Å². The summed E-state index contributed by atoms with van der Waals surface area (Å²) in [5.41, 5.74) is 2.02. The Morgan fingerprint density at radius 2 is 2.21 bits per heavy atom. The smallest absolute Gasteiger partial charge is 0.313 e. The summed E-state index contributed by atoms with van der Waals surface area (Å²) in [6.07, 6.45) is 3.63. The molecule has 2 atom stereocenters. The summed E-state index contributed by atoms with van der Waals surface area (Å²) in [6, 6.07) is 7.71. The molecule has 0 bridgehead atoms. The number of aryl methyl sites for hydroxylation is 1. The number of carbonyl (C=O) groups is 1. The number of thiophene rings is 1. The first kappa shape index (κ1) is 18.4. The van der Waals surface area contributed by atoms with Crippen LogP contribution in [0.5, 0.6) is 5.75 Å². The summed E-state index contributed by atoms with van der Waals surface area (Å²) in [5, 5.41) is 0.712. The van der Waals surface area contributed by atoms with Crippen LogP contribution in [-0.2, 0) is 35.4 Å². The molecule has 150 valence electrons. The highest BCUT2D eigenvalue weighted by molar-refractivity contribution is 7.18. The van der Waals surface area contributed by atoms with Crippen molar-refractivity contribution in [3.8, 4) is 5.75 Å². The van der Waals surface area contributed by atoms with Crippen LogP contribution in [0.1, 0.15) is 35.2 Å². The Hall–Kier alpha value is -2.67. The Morgan fingerprint density at radius 1 is 1.34 bits per heavy atom. The van der Waals surface area contributed by atoms with Crippen LogP contribution >= 0.6 is 11.3 Å². The molecular formula is C22H22N2O4S. The SMILES string of the molecule is C[C@@H]1CCc2c(sc3nc(COC(=O)[C@H]4COc5ccccc5C4)[nH]c(=O)c23)C1. The van der Waals surface area contributed by atoms with Gasteiger partial charge < -0.3 is 14.5 Å². The molecule has 1 N–H and O–H groups in total. The van der Waals surface area contributed by atoms with Gasteiger partial charge in [-0.25, -0.2) is 4.98 Å². The summed E-state index contributed by atoms with van der Waals surface area (Å²) >= 11 is 1.59. The maximum atomic E-state index is 12.6. The lowest BCUT2D eigenvalue weighted by molar-refractivity contribution is -0.151. The fourth-order valence-corrected chi connectivity index (χ4v) is 5.60. The van der Waals surface area contributed by atoms with Crippen LogP contribution in [0.3, 0.4) is 0 Å². The fourth-order valence-electron chi connectivity index (χ4n) is 4.20. The first-order valence-corrected chi connectivity index (χ1v) is 10.8. The van der Waals surface area contributed by atoms with E-state index in [2.05, 4.69) is 16.9 Å². The van der Waals surface area contributed by atoms with Crippen molar-refractivity contribution in [1.82, 2.24) is 9.97 Å². The van der Waals surface area contributed by atoms with Gasteiger partial charge >= 0.3 is 5.97 Å². The van der Waals surface area contributed by atoms with Crippen LogP contribution in [0.4, 0.5) is 0 Å². The number of para-hydroxylation sites is 1. The number of nitrogens with zero attached hydrogens (tertiary/aromatic N) is 1. The molecule has 0 spiro atoms. The molecule has 0 unspecified atom stereocenters. The van der Waals surface area contributed by atoms with Crippen LogP contribution < -0.4 is 10.3 Å². The van der Waals surface area contributed by atoms with Gasteiger partial charge in [-0.2, -0.15) is 0 Å². The number of ether oxygens (including phenoxy) is 2. The maximum Gasteiger partial charge on any atom is 0.313 e. The van der Waals surface area contributed by atoms with E-state index in [0.29, 0.717) is 30.2 Å². The molecule has 2 aliphatic rings.